The van der Waals surface area contributed by atoms with Crippen LogP contribution in [-0.2, 0) is 0 Å². The van der Waals surface area contributed by atoms with Crippen LogP contribution in [0.3, 0.4) is 0 Å². The van der Waals surface area contributed by atoms with Crippen molar-refractivity contribution < 1.29 is 4.74 Å². The van der Waals surface area contributed by atoms with E-state index < -0.39 is 0 Å². The van der Waals surface area contributed by atoms with Crippen LogP contribution >= 0.6 is 11.6 Å². The van der Waals surface area contributed by atoms with Crippen molar-refractivity contribution in [2.24, 2.45) is 0 Å². The molecular formula is C25H21ClN4O. The smallest absolute Gasteiger partial charge is 0.222 e. The summed E-state index contributed by atoms with van der Waals surface area (Å²) in [5.41, 5.74) is 2.94. The molecule has 2 aromatic carbocycles. The predicted molar refractivity (Wildman–Crippen MR) is 127 cm³/mol. The van der Waals surface area contributed by atoms with Crippen LogP contribution in [-0.4, -0.2) is 47.1 Å². The Morgan fingerprint density at radius 2 is 1.74 bits per heavy atom. The molecule has 0 aliphatic heterocycles. The van der Waals surface area contributed by atoms with Gasteiger partial charge in [-0.1, -0.05) is 23.7 Å². The predicted octanol–water partition coefficient (Wildman–Crippen LogP) is 5.59. The van der Waals surface area contributed by atoms with Gasteiger partial charge in [0, 0.05) is 63.3 Å². The van der Waals surface area contributed by atoms with Crippen molar-refractivity contribution in [2.45, 2.75) is 0 Å². The molecule has 0 spiro atoms. The van der Waals surface area contributed by atoms with E-state index >= 15 is 0 Å². The Morgan fingerprint density at radius 1 is 0.935 bits per heavy atom. The molecule has 0 N–H and O–H groups in total. The zero-order chi connectivity index (χ0) is 21.4. The van der Waals surface area contributed by atoms with E-state index in [1.54, 1.807) is 12.4 Å². The lowest BCUT2D eigenvalue weighted by atomic mass is 9.94. The van der Waals surface area contributed by atoms with Crippen molar-refractivity contribution in [3.63, 3.8) is 0 Å². The van der Waals surface area contributed by atoms with Gasteiger partial charge in [-0.25, -0.2) is 4.98 Å². The van der Waals surface area contributed by atoms with E-state index in [0.29, 0.717) is 17.5 Å². The highest BCUT2D eigenvalue weighted by atomic mass is 35.5. The van der Waals surface area contributed by atoms with Crippen LogP contribution in [0.4, 0.5) is 0 Å². The van der Waals surface area contributed by atoms with Crippen LogP contribution in [0, 0.1) is 0 Å². The zero-order valence-electron chi connectivity index (χ0n) is 17.3. The molecule has 0 aliphatic carbocycles. The fourth-order valence-corrected chi connectivity index (χ4v) is 4.07. The standard InChI is InChI=1S/C25H21ClN4O/c1-30(2)10-11-31-25-20-7-9-28-15-22(20)23-21(16-4-3-5-18(26)12-16)13-17-14-27-8-6-19(17)24(23)29-25/h3-9,12-15H,10-11H2,1-2H3. The average molecular weight is 429 g/mol. The van der Waals surface area contributed by atoms with Gasteiger partial charge in [-0.15, -0.1) is 0 Å². The van der Waals surface area contributed by atoms with E-state index in [1.807, 2.05) is 56.8 Å². The Hall–Kier alpha value is -3.28. The molecular weight excluding hydrogens is 408 g/mol. The second-order valence-corrected chi connectivity index (χ2v) is 8.18. The first-order chi connectivity index (χ1) is 15.1. The Morgan fingerprint density at radius 3 is 2.55 bits per heavy atom. The number of fused-ring (bicyclic) bond motifs is 5. The maximum absolute atomic E-state index is 6.33. The third kappa shape index (κ3) is 3.67. The number of nitrogens with zero attached hydrogens (tertiary/aromatic N) is 4. The zero-order valence-corrected chi connectivity index (χ0v) is 18.1. The lowest BCUT2D eigenvalue weighted by Gasteiger charge is -2.16. The molecule has 31 heavy (non-hydrogen) atoms. The van der Waals surface area contributed by atoms with Crippen LogP contribution in [0.15, 0.2) is 67.3 Å². The summed E-state index contributed by atoms with van der Waals surface area (Å²) in [5, 5.41) is 5.71. The lowest BCUT2D eigenvalue weighted by molar-refractivity contribution is 0.257. The number of halogens is 1. The number of likely N-dealkylation sites (N-methyl/N-ethyl adjacent to an activating group) is 1. The van der Waals surface area contributed by atoms with Crippen molar-refractivity contribution in [3.05, 3.63) is 72.3 Å². The number of hydrogen-bond donors (Lipinski definition) is 0. The minimum atomic E-state index is 0.552. The van der Waals surface area contributed by atoms with Gasteiger partial charge in [-0.2, -0.15) is 0 Å². The fourth-order valence-electron chi connectivity index (χ4n) is 3.88. The second kappa shape index (κ2) is 8.10. The molecule has 0 fully saturated rings. The van der Waals surface area contributed by atoms with E-state index in [2.05, 4.69) is 27.0 Å². The van der Waals surface area contributed by atoms with Gasteiger partial charge in [-0.05, 0) is 55.6 Å². The van der Waals surface area contributed by atoms with E-state index in [-0.39, 0.29) is 0 Å². The third-order valence-corrected chi connectivity index (χ3v) is 5.60. The molecule has 0 unspecified atom stereocenters. The number of rotatable bonds is 5. The highest BCUT2D eigenvalue weighted by Crippen LogP contribution is 2.40. The molecule has 5 aromatic rings. The summed E-state index contributed by atoms with van der Waals surface area (Å²) in [4.78, 5) is 15.8. The van der Waals surface area contributed by atoms with Gasteiger partial charge in [0.15, 0.2) is 0 Å². The number of hydrogen-bond acceptors (Lipinski definition) is 5. The summed E-state index contributed by atoms with van der Waals surface area (Å²) in [6, 6.07) is 14.0. The number of benzene rings is 2. The van der Waals surface area contributed by atoms with E-state index in [4.69, 9.17) is 21.3 Å². The van der Waals surface area contributed by atoms with Crippen LogP contribution in [0.25, 0.3) is 43.6 Å². The molecule has 0 saturated carbocycles. The summed E-state index contributed by atoms with van der Waals surface area (Å²) in [6.07, 6.45) is 7.32. The molecule has 154 valence electrons. The Kier molecular flexibility index (Phi) is 5.14. The highest BCUT2D eigenvalue weighted by Gasteiger charge is 2.17. The van der Waals surface area contributed by atoms with Crippen molar-refractivity contribution >= 4 is 44.0 Å². The van der Waals surface area contributed by atoms with Gasteiger partial charge < -0.3 is 9.64 Å². The quantitative estimate of drug-likeness (QED) is 0.341. The summed E-state index contributed by atoms with van der Waals surface area (Å²) in [6.45, 7) is 1.36. The number of aromatic nitrogens is 3. The van der Waals surface area contributed by atoms with Gasteiger partial charge in [0.05, 0.1) is 5.52 Å². The minimum absolute atomic E-state index is 0.552. The first kappa shape index (κ1) is 19.7. The molecule has 0 amide bonds. The first-order valence-corrected chi connectivity index (χ1v) is 10.5. The van der Waals surface area contributed by atoms with Crippen LogP contribution in [0.2, 0.25) is 5.02 Å². The van der Waals surface area contributed by atoms with Crippen molar-refractivity contribution in [1.82, 2.24) is 19.9 Å². The van der Waals surface area contributed by atoms with E-state index in [1.165, 1.54) is 0 Å². The van der Waals surface area contributed by atoms with Crippen molar-refractivity contribution in [3.8, 4) is 17.0 Å². The van der Waals surface area contributed by atoms with E-state index in [0.717, 1.165) is 50.1 Å². The Labute approximate surface area is 185 Å². The summed E-state index contributed by atoms with van der Waals surface area (Å²) in [5.74, 6) is 0.619. The molecule has 3 aromatic heterocycles. The Balaban J connectivity index is 1.87. The van der Waals surface area contributed by atoms with Crippen molar-refractivity contribution in [2.75, 3.05) is 27.2 Å². The third-order valence-electron chi connectivity index (χ3n) is 5.36. The Bertz CT molecular complexity index is 1420. The van der Waals surface area contributed by atoms with Crippen molar-refractivity contribution in [1.29, 1.82) is 0 Å². The molecule has 0 aliphatic rings. The molecule has 6 heteroatoms. The lowest BCUT2D eigenvalue weighted by Crippen LogP contribution is -2.19. The fraction of sp³-hybridized carbons (Fsp3) is 0.160. The van der Waals surface area contributed by atoms with Gasteiger partial charge in [0.2, 0.25) is 5.88 Å². The van der Waals surface area contributed by atoms with Gasteiger partial charge in [-0.3, -0.25) is 9.97 Å². The molecule has 0 bridgehead atoms. The summed E-state index contributed by atoms with van der Waals surface area (Å²) in [7, 11) is 4.05. The van der Waals surface area contributed by atoms with Crippen LogP contribution < -0.4 is 4.74 Å². The number of pyridine rings is 3. The van der Waals surface area contributed by atoms with Crippen LogP contribution in [0.1, 0.15) is 0 Å². The van der Waals surface area contributed by atoms with Gasteiger partial charge >= 0.3 is 0 Å². The topological polar surface area (TPSA) is 51.1 Å². The normalized spacial score (nSPS) is 11.6. The minimum Gasteiger partial charge on any atom is -0.476 e. The SMILES string of the molecule is CN(C)CCOc1nc2c3ccncc3cc(-c3cccc(Cl)c3)c2c2cnccc12. The molecule has 0 radical (unpaired) electrons. The average Bonchev–Trinajstić information content (AvgIpc) is 2.78. The van der Waals surface area contributed by atoms with E-state index in [9.17, 15) is 0 Å². The monoisotopic (exact) mass is 428 g/mol. The van der Waals surface area contributed by atoms with Gasteiger partial charge in [0.1, 0.15) is 6.61 Å². The second-order valence-electron chi connectivity index (χ2n) is 7.74. The maximum Gasteiger partial charge on any atom is 0.222 e. The molecule has 0 atom stereocenters. The molecule has 5 nitrogen and oxygen atoms in total. The number of ether oxygens (including phenoxy) is 1. The van der Waals surface area contributed by atoms with Crippen LogP contribution in [0.5, 0.6) is 5.88 Å². The molecule has 0 saturated heterocycles. The summed E-state index contributed by atoms with van der Waals surface area (Å²) < 4.78 is 6.13. The largest absolute Gasteiger partial charge is 0.476 e. The molecule has 5 rings (SSSR count). The first-order valence-electron chi connectivity index (χ1n) is 10.1. The maximum atomic E-state index is 6.33. The van der Waals surface area contributed by atoms with Gasteiger partial charge in [0.25, 0.3) is 0 Å². The highest BCUT2D eigenvalue weighted by molar-refractivity contribution is 6.31. The summed E-state index contributed by atoms with van der Waals surface area (Å²) >= 11 is 6.33. The molecule has 3 heterocycles.